The molecule has 2 aromatic rings. The zero-order valence-electron chi connectivity index (χ0n) is 17.2. The van der Waals surface area contributed by atoms with Crippen molar-refractivity contribution in [1.29, 1.82) is 0 Å². The third-order valence-electron chi connectivity index (χ3n) is 4.85. The average Bonchev–Trinajstić information content (AvgIpc) is 2.72. The molecule has 0 heterocycles. The first-order chi connectivity index (χ1) is 13.7. The van der Waals surface area contributed by atoms with Crippen molar-refractivity contribution in [3.63, 3.8) is 0 Å². The van der Waals surface area contributed by atoms with Gasteiger partial charge in [0.15, 0.2) is 0 Å². The highest BCUT2D eigenvalue weighted by molar-refractivity contribution is 6.03. The van der Waals surface area contributed by atoms with E-state index in [0.717, 1.165) is 30.6 Å². The van der Waals surface area contributed by atoms with Gasteiger partial charge in [-0.3, -0.25) is 9.80 Å². The molecule has 0 radical (unpaired) electrons. The Balaban J connectivity index is 2.15. The minimum atomic E-state index is -0.288. The fraction of sp³-hybridized carbons (Fsp3) is 0.458. The number of rotatable bonds is 11. The van der Waals surface area contributed by atoms with Gasteiger partial charge in [0.2, 0.25) is 0 Å². The lowest BCUT2D eigenvalue weighted by Gasteiger charge is -2.31. The highest BCUT2D eigenvalue weighted by Gasteiger charge is 2.23. The fourth-order valence-electron chi connectivity index (χ4n) is 3.32. The van der Waals surface area contributed by atoms with Crippen molar-refractivity contribution in [2.24, 2.45) is 0 Å². The molecular weight excluding hydrogens is 351 g/mol. The van der Waals surface area contributed by atoms with Crippen LogP contribution in [0.15, 0.2) is 54.6 Å². The number of amides is 2. The Hall–Kier alpha value is -2.36. The monoisotopic (exact) mass is 384 g/mol. The van der Waals surface area contributed by atoms with Crippen LogP contribution in [0.2, 0.25) is 0 Å². The highest BCUT2D eigenvalue weighted by Crippen LogP contribution is 2.22. The number of unbranched alkanes of at least 4 members (excludes halogenated alkanes) is 5. The molecule has 152 valence electrons. The predicted molar refractivity (Wildman–Crippen MR) is 117 cm³/mol. The summed E-state index contributed by atoms with van der Waals surface area (Å²) < 4.78 is 13.4. The molecule has 2 amide bonds. The quantitative estimate of drug-likeness (QED) is 0.381. The molecule has 2 aromatic carbocycles. The van der Waals surface area contributed by atoms with Gasteiger partial charge in [-0.05, 0) is 49.2 Å². The summed E-state index contributed by atoms with van der Waals surface area (Å²) in [5.74, 6) is -0.288. The van der Waals surface area contributed by atoms with Crippen LogP contribution in [0.5, 0.6) is 0 Å². The van der Waals surface area contributed by atoms with Crippen LogP contribution in [0, 0.1) is 5.82 Å². The Bertz CT molecular complexity index is 688. The minimum absolute atomic E-state index is 0.0479. The summed E-state index contributed by atoms with van der Waals surface area (Å²) in [4.78, 5) is 17.1. The SMILES string of the molecule is CCCCCCCCN(C(=O)N(CCC)c1ccccc1)c1ccc(F)cc1. The first-order valence-corrected chi connectivity index (χ1v) is 10.6. The molecule has 0 aliphatic heterocycles. The van der Waals surface area contributed by atoms with E-state index in [9.17, 15) is 9.18 Å². The normalized spacial score (nSPS) is 10.7. The van der Waals surface area contributed by atoms with Crippen LogP contribution in [0.25, 0.3) is 0 Å². The van der Waals surface area contributed by atoms with Gasteiger partial charge in [-0.1, -0.05) is 64.2 Å². The molecule has 0 aliphatic carbocycles. The minimum Gasteiger partial charge on any atom is -0.294 e. The maximum atomic E-state index is 13.4. The number of nitrogens with zero attached hydrogens (tertiary/aromatic N) is 2. The Morgan fingerprint density at radius 1 is 0.714 bits per heavy atom. The molecule has 0 spiro atoms. The van der Waals surface area contributed by atoms with Crippen LogP contribution in [0.3, 0.4) is 0 Å². The second-order valence-corrected chi connectivity index (χ2v) is 7.17. The van der Waals surface area contributed by atoms with Gasteiger partial charge in [0.25, 0.3) is 0 Å². The van der Waals surface area contributed by atoms with E-state index in [1.54, 1.807) is 17.0 Å². The lowest BCUT2D eigenvalue weighted by molar-refractivity contribution is 0.251. The molecule has 0 N–H and O–H groups in total. The van der Waals surface area contributed by atoms with Crippen molar-refractivity contribution in [3.8, 4) is 0 Å². The van der Waals surface area contributed by atoms with E-state index >= 15 is 0 Å². The van der Waals surface area contributed by atoms with Gasteiger partial charge in [-0.2, -0.15) is 0 Å². The molecule has 0 aromatic heterocycles. The topological polar surface area (TPSA) is 23.6 Å². The van der Waals surface area contributed by atoms with E-state index < -0.39 is 0 Å². The predicted octanol–water partition coefficient (Wildman–Crippen LogP) is 7.03. The van der Waals surface area contributed by atoms with Gasteiger partial charge in [0.1, 0.15) is 5.82 Å². The molecular formula is C24H33FN2O. The maximum absolute atomic E-state index is 13.4. The molecule has 28 heavy (non-hydrogen) atoms. The van der Waals surface area contributed by atoms with E-state index in [1.807, 2.05) is 35.2 Å². The van der Waals surface area contributed by atoms with E-state index in [-0.39, 0.29) is 11.8 Å². The van der Waals surface area contributed by atoms with Gasteiger partial charge < -0.3 is 0 Å². The Labute approximate surface area is 169 Å². The molecule has 0 saturated heterocycles. The van der Waals surface area contributed by atoms with Crippen LogP contribution in [-0.4, -0.2) is 19.1 Å². The summed E-state index contributed by atoms with van der Waals surface area (Å²) in [7, 11) is 0. The van der Waals surface area contributed by atoms with Crippen LogP contribution in [0.1, 0.15) is 58.8 Å². The summed E-state index contributed by atoms with van der Waals surface area (Å²) in [5, 5.41) is 0. The Morgan fingerprint density at radius 3 is 1.93 bits per heavy atom. The Kier molecular flexibility index (Phi) is 9.53. The summed E-state index contributed by atoms with van der Waals surface area (Å²) in [6.45, 7) is 5.57. The first kappa shape index (κ1) is 21.9. The van der Waals surface area contributed by atoms with Gasteiger partial charge in [0.05, 0.1) is 0 Å². The van der Waals surface area contributed by atoms with Crippen LogP contribution < -0.4 is 9.80 Å². The zero-order chi connectivity index (χ0) is 20.2. The number of hydrogen-bond donors (Lipinski definition) is 0. The number of hydrogen-bond acceptors (Lipinski definition) is 1. The van der Waals surface area contributed by atoms with Crippen molar-refractivity contribution >= 4 is 17.4 Å². The number of carbonyl (C=O) groups excluding carboxylic acids is 1. The lowest BCUT2D eigenvalue weighted by Crippen LogP contribution is -2.44. The third kappa shape index (κ3) is 6.66. The van der Waals surface area contributed by atoms with Gasteiger partial charge in [0, 0.05) is 24.5 Å². The standard InChI is InChI=1S/C24H33FN2O/c1-3-5-6-7-8-12-20-27(23-17-15-21(25)16-18-23)24(28)26(19-4-2)22-13-10-9-11-14-22/h9-11,13-18H,3-8,12,19-20H2,1-2H3. The molecule has 0 atom stereocenters. The third-order valence-corrected chi connectivity index (χ3v) is 4.85. The van der Waals surface area contributed by atoms with Crippen molar-refractivity contribution in [1.82, 2.24) is 0 Å². The van der Waals surface area contributed by atoms with Gasteiger partial charge in [-0.25, -0.2) is 9.18 Å². The van der Waals surface area contributed by atoms with Crippen LogP contribution in [0.4, 0.5) is 20.6 Å². The highest BCUT2D eigenvalue weighted by atomic mass is 19.1. The second-order valence-electron chi connectivity index (χ2n) is 7.17. The zero-order valence-corrected chi connectivity index (χ0v) is 17.2. The number of para-hydroxylation sites is 1. The van der Waals surface area contributed by atoms with Crippen LogP contribution in [-0.2, 0) is 0 Å². The number of anilines is 2. The number of benzene rings is 2. The largest absolute Gasteiger partial charge is 0.328 e. The van der Waals surface area contributed by atoms with E-state index in [0.29, 0.717) is 13.1 Å². The summed E-state index contributed by atoms with van der Waals surface area (Å²) in [6, 6.07) is 15.9. The van der Waals surface area contributed by atoms with Crippen molar-refractivity contribution in [3.05, 3.63) is 60.4 Å². The van der Waals surface area contributed by atoms with E-state index in [2.05, 4.69) is 13.8 Å². The maximum Gasteiger partial charge on any atom is 0.328 e. The van der Waals surface area contributed by atoms with E-state index in [4.69, 9.17) is 0 Å². The number of carbonyl (C=O) groups is 1. The summed E-state index contributed by atoms with van der Waals surface area (Å²) >= 11 is 0. The lowest BCUT2D eigenvalue weighted by atomic mass is 10.1. The molecule has 0 saturated carbocycles. The molecule has 0 bridgehead atoms. The Morgan fingerprint density at radius 2 is 1.29 bits per heavy atom. The van der Waals surface area contributed by atoms with Crippen molar-refractivity contribution in [2.75, 3.05) is 22.9 Å². The first-order valence-electron chi connectivity index (χ1n) is 10.6. The van der Waals surface area contributed by atoms with Gasteiger partial charge in [-0.15, -0.1) is 0 Å². The fourth-order valence-corrected chi connectivity index (χ4v) is 3.32. The summed E-state index contributed by atoms with van der Waals surface area (Å²) in [5.41, 5.74) is 1.64. The van der Waals surface area contributed by atoms with Gasteiger partial charge >= 0.3 is 6.03 Å². The molecule has 0 unspecified atom stereocenters. The molecule has 4 heteroatoms. The smallest absolute Gasteiger partial charge is 0.294 e. The summed E-state index contributed by atoms with van der Waals surface area (Å²) in [6.07, 6.45) is 7.84. The van der Waals surface area contributed by atoms with Crippen LogP contribution >= 0.6 is 0 Å². The molecule has 2 rings (SSSR count). The molecule has 3 nitrogen and oxygen atoms in total. The second kappa shape index (κ2) is 12.2. The molecule has 0 aliphatic rings. The van der Waals surface area contributed by atoms with E-state index in [1.165, 1.54) is 37.8 Å². The number of halogens is 1. The number of urea groups is 1. The van der Waals surface area contributed by atoms with Crippen molar-refractivity contribution in [2.45, 2.75) is 58.8 Å². The average molecular weight is 385 g/mol. The van der Waals surface area contributed by atoms with Crippen molar-refractivity contribution < 1.29 is 9.18 Å². The molecule has 0 fully saturated rings.